The molecule has 2 aliphatic carbocycles. The number of benzene rings is 12. The van der Waals surface area contributed by atoms with Crippen molar-refractivity contribution >= 4 is 55.7 Å². The SMILES string of the molecule is c1ccc(N(c2ccc(-c3cccc4ccccc34)cc2)c2cc(N(c3ccccc3)c3ccc(-c4cccc5ccccc45)cc3)c3c(c2)C2(c4ccccc4-c4ccccc42)c2ccccc2-3)cc1. The van der Waals surface area contributed by atoms with Crippen LogP contribution in [0.3, 0.4) is 0 Å². The molecule has 0 saturated heterocycles. The Morgan fingerprint density at radius 3 is 1.15 bits per heavy atom. The van der Waals surface area contributed by atoms with Crippen LogP contribution in [0.2, 0.25) is 0 Å². The summed E-state index contributed by atoms with van der Waals surface area (Å²) in [6.45, 7) is 0. The zero-order chi connectivity index (χ0) is 46.9. The summed E-state index contributed by atoms with van der Waals surface area (Å²) in [6.07, 6.45) is 0. The molecule has 2 nitrogen and oxygen atoms in total. The summed E-state index contributed by atoms with van der Waals surface area (Å²) in [4.78, 5) is 4.94. The Morgan fingerprint density at radius 2 is 0.620 bits per heavy atom. The van der Waals surface area contributed by atoms with E-state index in [1.807, 2.05) is 0 Å². The molecule has 0 amide bonds. The van der Waals surface area contributed by atoms with E-state index in [0.717, 1.165) is 34.1 Å². The Kier molecular flexibility index (Phi) is 9.47. The van der Waals surface area contributed by atoms with Crippen molar-refractivity contribution in [2.75, 3.05) is 9.80 Å². The molecule has 0 unspecified atom stereocenters. The van der Waals surface area contributed by atoms with E-state index in [0.29, 0.717) is 0 Å². The third-order valence-electron chi connectivity index (χ3n) is 15.0. The van der Waals surface area contributed by atoms with Gasteiger partial charge >= 0.3 is 0 Å². The van der Waals surface area contributed by atoms with Gasteiger partial charge in [0.05, 0.1) is 11.1 Å². The lowest BCUT2D eigenvalue weighted by molar-refractivity contribution is 0.793. The van der Waals surface area contributed by atoms with Crippen LogP contribution in [0, 0.1) is 0 Å². The minimum Gasteiger partial charge on any atom is -0.310 e. The first-order valence-corrected chi connectivity index (χ1v) is 24.6. The summed E-state index contributed by atoms with van der Waals surface area (Å²) < 4.78 is 0. The largest absolute Gasteiger partial charge is 0.310 e. The molecule has 0 atom stereocenters. The fraction of sp³-hybridized carbons (Fsp3) is 0.0145. The molecule has 12 aromatic rings. The van der Waals surface area contributed by atoms with Crippen molar-refractivity contribution in [3.05, 3.63) is 301 Å². The minimum atomic E-state index is -0.578. The van der Waals surface area contributed by atoms with Gasteiger partial charge in [0.2, 0.25) is 0 Å². The molecule has 0 aliphatic heterocycles. The average molecular weight is 903 g/mol. The van der Waals surface area contributed by atoms with E-state index >= 15 is 0 Å². The summed E-state index contributed by atoms with van der Waals surface area (Å²) in [6, 6.07) is 103. The van der Waals surface area contributed by atoms with Crippen LogP contribution in [0.15, 0.2) is 279 Å². The van der Waals surface area contributed by atoms with Crippen LogP contribution in [-0.4, -0.2) is 0 Å². The van der Waals surface area contributed by atoms with Gasteiger partial charge in [-0.15, -0.1) is 0 Å². The first kappa shape index (κ1) is 40.8. The molecule has 0 fully saturated rings. The lowest BCUT2D eigenvalue weighted by Crippen LogP contribution is -2.26. The quantitative estimate of drug-likeness (QED) is 0.150. The Hall–Kier alpha value is -9.24. The molecule has 0 bridgehead atoms. The molecule has 2 heteroatoms. The van der Waals surface area contributed by atoms with Crippen LogP contribution in [-0.2, 0) is 5.41 Å². The third kappa shape index (κ3) is 6.35. The molecule has 0 heterocycles. The van der Waals surface area contributed by atoms with Crippen molar-refractivity contribution in [2.45, 2.75) is 5.41 Å². The van der Waals surface area contributed by atoms with Crippen LogP contribution in [0.5, 0.6) is 0 Å². The number of hydrogen-bond acceptors (Lipinski definition) is 2. The molecule has 12 aromatic carbocycles. The van der Waals surface area contributed by atoms with Gasteiger partial charge in [-0.25, -0.2) is 0 Å². The van der Waals surface area contributed by atoms with Crippen LogP contribution in [0.1, 0.15) is 22.3 Å². The maximum absolute atomic E-state index is 2.51. The lowest BCUT2D eigenvalue weighted by atomic mass is 9.70. The Bertz CT molecular complexity index is 3930. The molecule has 71 heavy (non-hydrogen) atoms. The lowest BCUT2D eigenvalue weighted by Gasteiger charge is -2.34. The normalized spacial score (nSPS) is 12.6. The van der Waals surface area contributed by atoms with Gasteiger partial charge in [-0.2, -0.15) is 0 Å². The average Bonchev–Trinajstić information content (AvgIpc) is 3.92. The molecule has 1 spiro atoms. The van der Waals surface area contributed by atoms with Gasteiger partial charge in [0.1, 0.15) is 0 Å². The highest BCUT2D eigenvalue weighted by Gasteiger charge is 2.53. The topological polar surface area (TPSA) is 6.48 Å². The van der Waals surface area contributed by atoms with Crippen LogP contribution in [0.25, 0.3) is 66.1 Å². The van der Waals surface area contributed by atoms with Gasteiger partial charge in [0.15, 0.2) is 0 Å². The maximum atomic E-state index is 2.51. The number of nitrogens with zero attached hydrogens (tertiary/aromatic N) is 2. The van der Waals surface area contributed by atoms with E-state index in [9.17, 15) is 0 Å². The molecule has 14 rings (SSSR count). The standard InChI is InChI=1S/C69H46N2/c1-3-23-51(24-4-1)70(53-41-37-49(38-42-53)58-32-17-21-47-19-7-9-27-56(47)58)55-45-66-68(62-31-13-16-36-65(62)69(66)63-34-14-11-29-60(63)61-30-12-15-35-64(61)69)67(46-55)71(52-25-5-2-6-26-52)54-43-39-50(40-44-54)59-33-18-22-48-20-8-10-28-57(48)59/h1-46H. The Labute approximate surface area is 414 Å². The zero-order valence-corrected chi connectivity index (χ0v) is 39.0. The number of rotatable bonds is 8. The van der Waals surface area contributed by atoms with Crippen LogP contribution >= 0.6 is 0 Å². The second kappa shape index (κ2) is 16.5. The highest BCUT2D eigenvalue weighted by molar-refractivity contribution is 6.04. The highest BCUT2D eigenvalue weighted by atomic mass is 15.2. The summed E-state index contributed by atoms with van der Waals surface area (Å²) in [7, 11) is 0. The summed E-state index contributed by atoms with van der Waals surface area (Å²) in [5.74, 6) is 0. The molecular formula is C69H46N2. The summed E-state index contributed by atoms with van der Waals surface area (Å²) in [5, 5.41) is 4.97. The molecule has 0 N–H and O–H groups in total. The van der Waals surface area contributed by atoms with Crippen molar-refractivity contribution in [2.24, 2.45) is 0 Å². The second-order valence-corrected chi connectivity index (χ2v) is 18.8. The third-order valence-corrected chi connectivity index (χ3v) is 15.0. The van der Waals surface area contributed by atoms with E-state index in [1.165, 1.54) is 88.3 Å². The fourth-order valence-electron chi connectivity index (χ4n) is 12.0. The molecule has 332 valence electrons. The second-order valence-electron chi connectivity index (χ2n) is 18.8. The number of anilines is 6. The molecule has 0 radical (unpaired) electrons. The maximum Gasteiger partial charge on any atom is 0.0727 e. The molecule has 0 aromatic heterocycles. The minimum absolute atomic E-state index is 0.578. The van der Waals surface area contributed by atoms with Gasteiger partial charge < -0.3 is 9.80 Å². The first-order valence-electron chi connectivity index (χ1n) is 24.6. The van der Waals surface area contributed by atoms with E-state index < -0.39 is 5.41 Å². The molecule has 2 aliphatic rings. The number of fused-ring (bicyclic) bond motifs is 12. The van der Waals surface area contributed by atoms with E-state index in [1.54, 1.807) is 0 Å². The van der Waals surface area contributed by atoms with Gasteiger partial charge in [-0.1, -0.05) is 218 Å². The molecular weight excluding hydrogens is 857 g/mol. The zero-order valence-electron chi connectivity index (χ0n) is 39.0. The smallest absolute Gasteiger partial charge is 0.0727 e. The molecule has 0 saturated carbocycles. The van der Waals surface area contributed by atoms with Crippen molar-refractivity contribution < 1.29 is 0 Å². The van der Waals surface area contributed by atoms with Gasteiger partial charge in [0, 0.05) is 34.0 Å². The van der Waals surface area contributed by atoms with Crippen molar-refractivity contribution in [3.63, 3.8) is 0 Å². The Morgan fingerprint density at radius 1 is 0.239 bits per heavy atom. The number of hydrogen-bond donors (Lipinski definition) is 0. The van der Waals surface area contributed by atoms with Gasteiger partial charge in [0.25, 0.3) is 0 Å². The van der Waals surface area contributed by atoms with E-state index in [2.05, 4.69) is 289 Å². The van der Waals surface area contributed by atoms with Crippen molar-refractivity contribution in [1.29, 1.82) is 0 Å². The van der Waals surface area contributed by atoms with Gasteiger partial charge in [-0.3, -0.25) is 0 Å². The fourth-order valence-corrected chi connectivity index (χ4v) is 12.0. The van der Waals surface area contributed by atoms with Crippen molar-refractivity contribution in [3.8, 4) is 44.5 Å². The predicted molar refractivity (Wildman–Crippen MR) is 298 cm³/mol. The number of para-hydroxylation sites is 2. The van der Waals surface area contributed by atoms with Crippen LogP contribution < -0.4 is 9.80 Å². The van der Waals surface area contributed by atoms with E-state index in [4.69, 9.17) is 0 Å². The van der Waals surface area contributed by atoms with Crippen LogP contribution in [0.4, 0.5) is 34.1 Å². The van der Waals surface area contributed by atoms with E-state index in [-0.39, 0.29) is 0 Å². The monoisotopic (exact) mass is 902 g/mol. The Balaban J connectivity index is 1.05. The highest BCUT2D eigenvalue weighted by Crippen LogP contribution is 2.65. The van der Waals surface area contributed by atoms with Crippen molar-refractivity contribution in [1.82, 2.24) is 0 Å². The predicted octanol–water partition coefficient (Wildman–Crippen LogP) is 18.6. The van der Waals surface area contributed by atoms with Gasteiger partial charge in [-0.05, 0) is 143 Å². The summed E-state index contributed by atoms with van der Waals surface area (Å²) in [5.41, 5.74) is 21.0. The summed E-state index contributed by atoms with van der Waals surface area (Å²) >= 11 is 0. The first-order chi connectivity index (χ1) is 35.2.